The molecule has 102 valence electrons. The first kappa shape index (κ1) is 14.3. The molecule has 8 heteroatoms. The minimum atomic E-state index is -3.61. The number of halogens is 2. The highest BCUT2D eigenvalue weighted by Gasteiger charge is 2.19. The fourth-order valence-electron chi connectivity index (χ4n) is 1.54. The van der Waals surface area contributed by atoms with Gasteiger partial charge in [0.05, 0.1) is 16.2 Å². The highest BCUT2D eigenvalue weighted by Crippen LogP contribution is 2.26. The Kier molecular flexibility index (Phi) is 4.15. The fourth-order valence-corrected chi connectivity index (χ4v) is 2.98. The number of hydrogen-bond acceptors (Lipinski definition) is 3. The van der Waals surface area contributed by atoms with Gasteiger partial charge in [0, 0.05) is 12.2 Å². The molecule has 5 nitrogen and oxygen atoms in total. The van der Waals surface area contributed by atoms with Crippen molar-refractivity contribution in [3.8, 4) is 0 Å². The van der Waals surface area contributed by atoms with Gasteiger partial charge in [-0.1, -0.05) is 29.3 Å². The minimum absolute atomic E-state index is 0.0828. The first-order valence-electron chi connectivity index (χ1n) is 5.36. The number of rotatable bonds is 4. The fraction of sp³-hybridized carbons (Fsp3) is 0.182. The molecule has 1 aromatic carbocycles. The van der Waals surface area contributed by atoms with Crippen molar-refractivity contribution in [1.29, 1.82) is 0 Å². The van der Waals surface area contributed by atoms with E-state index in [9.17, 15) is 8.42 Å². The summed E-state index contributed by atoms with van der Waals surface area (Å²) in [5, 5.41) is 6.88. The van der Waals surface area contributed by atoms with Crippen LogP contribution in [0.1, 0.15) is 18.5 Å². The Labute approximate surface area is 121 Å². The van der Waals surface area contributed by atoms with Crippen LogP contribution in [0.25, 0.3) is 0 Å². The zero-order valence-electron chi connectivity index (χ0n) is 9.89. The van der Waals surface area contributed by atoms with Gasteiger partial charge in [0.25, 0.3) is 0 Å². The highest BCUT2D eigenvalue weighted by atomic mass is 35.5. The van der Waals surface area contributed by atoms with Crippen molar-refractivity contribution in [2.75, 3.05) is 0 Å². The molecule has 0 radical (unpaired) electrons. The maximum atomic E-state index is 12.0. The second kappa shape index (κ2) is 5.50. The molecule has 1 unspecified atom stereocenters. The first-order chi connectivity index (χ1) is 8.90. The molecule has 1 heterocycles. The third-order valence-corrected chi connectivity index (χ3v) is 4.81. The van der Waals surface area contributed by atoms with Crippen molar-refractivity contribution < 1.29 is 8.42 Å². The van der Waals surface area contributed by atoms with Crippen molar-refractivity contribution >= 4 is 33.2 Å². The Bertz CT molecular complexity index is 671. The Morgan fingerprint density at radius 2 is 2.05 bits per heavy atom. The highest BCUT2D eigenvalue weighted by molar-refractivity contribution is 7.89. The molecule has 2 N–H and O–H groups in total. The predicted molar refractivity (Wildman–Crippen MR) is 73.8 cm³/mol. The lowest BCUT2D eigenvalue weighted by molar-refractivity contribution is 0.567. The Morgan fingerprint density at radius 1 is 1.32 bits per heavy atom. The molecule has 0 amide bonds. The minimum Gasteiger partial charge on any atom is -0.284 e. The molecule has 1 aromatic heterocycles. The van der Waals surface area contributed by atoms with Crippen LogP contribution in [-0.2, 0) is 10.0 Å². The molecule has 0 spiro atoms. The molecule has 19 heavy (non-hydrogen) atoms. The van der Waals surface area contributed by atoms with E-state index < -0.39 is 16.1 Å². The van der Waals surface area contributed by atoms with Gasteiger partial charge in [-0.05, 0) is 24.6 Å². The molecule has 2 aromatic rings. The third-order valence-electron chi connectivity index (χ3n) is 2.56. The van der Waals surface area contributed by atoms with E-state index in [4.69, 9.17) is 23.2 Å². The smallest absolute Gasteiger partial charge is 0.244 e. The van der Waals surface area contributed by atoms with E-state index >= 15 is 0 Å². The number of H-pyrrole nitrogens is 1. The molecule has 0 bridgehead atoms. The first-order valence-corrected chi connectivity index (χ1v) is 7.60. The van der Waals surface area contributed by atoms with E-state index in [0.717, 1.165) is 5.56 Å². The molecule has 1 atom stereocenters. The van der Waals surface area contributed by atoms with Gasteiger partial charge in [0.15, 0.2) is 0 Å². The SMILES string of the molecule is CC(NS(=O)(=O)c1cn[nH]c1)c1ccc(Cl)c(Cl)c1. The van der Waals surface area contributed by atoms with Crippen LogP contribution < -0.4 is 4.72 Å². The molecular weight excluding hydrogens is 309 g/mol. The normalized spacial score (nSPS) is 13.4. The number of aromatic nitrogens is 2. The average Bonchev–Trinajstić information content (AvgIpc) is 2.86. The van der Waals surface area contributed by atoms with Crippen molar-refractivity contribution in [3.05, 3.63) is 46.2 Å². The zero-order valence-corrected chi connectivity index (χ0v) is 12.2. The standard InChI is InChI=1S/C11H11Cl2N3O2S/c1-7(8-2-3-10(12)11(13)4-8)16-19(17,18)9-5-14-15-6-9/h2-7,16H,1H3,(H,14,15). The van der Waals surface area contributed by atoms with Gasteiger partial charge in [-0.3, -0.25) is 5.10 Å². The summed E-state index contributed by atoms with van der Waals surface area (Å²) in [6.45, 7) is 1.72. The maximum Gasteiger partial charge on any atom is 0.244 e. The summed E-state index contributed by atoms with van der Waals surface area (Å²) < 4.78 is 26.5. The molecule has 0 saturated carbocycles. The molecule has 0 aliphatic carbocycles. The summed E-state index contributed by atoms with van der Waals surface area (Å²) >= 11 is 11.7. The van der Waals surface area contributed by atoms with Crippen molar-refractivity contribution in [1.82, 2.24) is 14.9 Å². The molecule has 0 aliphatic rings. The summed E-state index contributed by atoms with van der Waals surface area (Å²) in [5.41, 5.74) is 0.724. The van der Waals surface area contributed by atoms with Crippen LogP contribution in [0.2, 0.25) is 10.0 Å². The lowest BCUT2D eigenvalue weighted by atomic mass is 10.1. The van der Waals surface area contributed by atoms with E-state index in [1.807, 2.05) is 0 Å². The summed E-state index contributed by atoms with van der Waals surface area (Å²) in [6.07, 6.45) is 2.55. The summed E-state index contributed by atoms with van der Waals surface area (Å²) in [4.78, 5) is 0.0828. The van der Waals surface area contributed by atoms with E-state index in [1.54, 1.807) is 25.1 Å². The Balaban J connectivity index is 2.21. The van der Waals surface area contributed by atoms with Gasteiger partial charge in [0.2, 0.25) is 10.0 Å². The van der Waals surface area contributed by atoms with Gasteiger partial charge in [-0.2, -0.15) is 5.10 Å². The Morgan fingerprint density at radius 3 is 2.63 bits per heavy atom. The van der Waals surface area contributed by atoms with E-state index in [1.165, 1.54) is 12.4 Å². The third kappa shape index (κ3) is 3.27. The quantitative estimate of drug-likeness (QED) is 0.909. The number of nitrogens with zero attached hydrogens (tertiary/aromatic N) is 1. The summed E-state index contributed by atoms with van der Waals surface area (Å²) in [7, 11) is -3.61. The second-order valence-electron chi connectivity index (χ2n) is 3.95. The molecule has 2 rings (SSSR count). The van der Waals surface area contributed by atoms with Crippen molar-refractivity contribution in [3.63, 3.8) is 0 Å². The monoisotopic (exact) mass is 319 g/mol. The number of hydrogen-bond donors (Lipinski definition) is 2. The van der Waals surface area contributed by atoms with E-state index in [2.05, 4.69) is 14.9 Å². The van der Waals surface area contributed by atoms with Crippen LogP contribution in [0, 0.1) is 0 Å². The second-order valence-corrected chi connectivity index (χ2v) is 6.48. The van der Waals surface area contributed by atoms with Gasteiger partial charge in [-0.15, -0.1) is 0 Å². The topological polar surface area (TPSA) is 74.8 Å². The summed E-state index contributed by atoms with van der Waals surface area (Å²) in [6, 6.07) is 4.54. The average molecular weight is 320 g/mol. The number of sulfonamides is 1. The molecular formula is C11H11Cl2N3O2S. The van der Waals surface area contributed by atoms with Crippen LogP contribution in [0.15, 0.2) is 35.5 Å². The van der Waals surface area contributed by atoms with Crippen LogP contribution in [-0.4, -0.2) is 18.6 Å². The summed E-state index contributed by atoms with van der Waals surface area (Å²) in [5.74, 6) is 0. The lowest BCUT2D eigenvalue weighted by Crippen LogP contribution is -2.26. The number of aromatic amines is 1. The molecule has 0 aliphatic heterocycles. The molecule has 0 saturated heterocycles. The largest absolute Gasteiger partial charge is 0.284 e. The van der Waals surface area contributed by atoms with Crippen LogP contribution >= 0.6 is 23.2 Å². The zero-order chi connectivity index (χ0) is 14.0. The van der Waals surface area contributed by atoms with Crippen LogP contribution in [0.5, 0.6) is 0 Å². The van der Waals surface area contributed by atoms with Crippen LogP contribution in [0.3, 0.4) is 0 Å². The number of benzene rings is 1. The van der Waals surface area contributed by atoms with Gasteiger partial charge in [-0.25, -0.2) is 13.1 Å². The van der Waals surface area contributed by atoms with Crippen LogP contribution in [0.4, 0.5) is 0 Å². The maximum absolute atomic E-state index is 12.0. The van der Waals surface area contributed by atoms with Gasteiger partial charge >= 0.3 is 0 Å². The van der Waals surface area contributed by atoms with Crippen molar-refractivity contribution in [2.24, 2.45) is 0 Å². The predicted octanol–water partition coefficient (Wildman–Crippen LogP) is 2.76. The van der Waals surface area contributed by atoms with E-state index in [0.29, 0.717) is 10.0 Å². The Hall–Kier alpha value is -1.08. The van der Waals surface area contributed by atoms with E-state index in [-0.39, 0.29) is 4.90 Å². The van der Waals surface area contributed by atoms with Gasteiger partial charge < -0.3 is 0 Å². The molecule has 0 fully saturated rings. The van der Waals surface area contributed by atoms with Crippen molar-refractivity contribution in [2.45, 2.75) is 17.9 Å². The number of nitrogens with one attached hydrogen (secondary N) is 2. The van der Waals surface area contributed by atoms with Gasteiger partial charge in [0.1, 0.15) is 4.90 Å². The lowest BCUT2D eigenvalue weighted by Gasteiger charge is -2.14.